The zero-order chi connectivity index (χ0) is 20.2. The van der Waals surface area contributed by atoms with E-state index in [1.165, 1.54) is 12.8 Å². The molecule has 0 saturated carbocycles. The summed E-state index contributed by atoms with van der Waals surface area (Å²) in [6.07, 6.45) is 4.58. The third-order valence-corrected chi connectivity index (χ3v) is 6.31. The minimum absolute atomic E-state index is 0.0308. The third kappa shape index (κ3) is 4.26. The molecule has 0 bridgehead atoms. The average Bonchev–Trinajstić information content (AvgIpc) is 3.38. The maximum atomic E-state index is 10.2. The molecular weight excluding hydrogens is 388 g/mol. The SMILES string of the molecule is COc1cc(CN2CCCCC[C@H]2c2cc(-c3cccs3)on2)cc(OC)c1O. The highest BCUT2D eigenvalue weighted by atomic mass is 32.1. The van der Waals surface area contributed by atoms with Gasteiger partial charge >= 0.3 is 0 Å². The summed E-state index contributed by atoms with van der Waals surface area (Å²) < 4.78 is 16.3. The molecule has 1 saturated heterocycles. The van der Waals surface area contributed by atoms with Crippen LogP contribution in [0.5, 0.6) is 17.2 Å². The molecule has 2 aromatic heterocycles. The van der Waals surface area contributed by atoms with Crippen molar-refractivity contribution in [2.24, 2.45) is 0 Å². The van der Waals surface area contributed by atoms with Crippen LogP contribution in [0.3, 0.4) is 0 Å². The molecule has 0 aliphatic carbocycles. The highest BCUT2D eigenvalue weighted by Gasteiger charge is 2.27. The van der Waals surface area contributed by atoms with E-state index in [0.29, 0.717) is 11.5 Å². The highest BCUT2D eigenvalue weighted by molar-refractivity contribution is 7.13. The van der Waals surface area contributed by atoms with E-state index in [4.69, 9.17) is 14.0 Å². The first-order valence-corrected chi connectivity index (χ1v) is 10.8. The second kappa shape index (κ2) is 8.88. The Morgan fingerprint density at radius 2 is 1.97 bits per heavy atom. The number of likely N-dealkylation sites (tertiary alicyclic amines) is 1. The van der Waals surface area contributed by atoms with Crippen LogP contribution in [-0.2, 0) is 6.54 Å². The second-order valence-electron chi connectivity index (χ2n) is 7.28. The number of hydrogen-bond donors (Lipinski definition) is 1. The Morgan fingerprint density at radius 3 is 2.66 bits per heavy atom. The summed E-state index contributed by atoms with van der Waals surface area (Å²) >= 11 is 1.65. The Bertz CT molecular complexity index is 913. The normalized spacial score (nSPS) is 17.8. The van der Waals surface area contributed by atoms with Crippen LogP contribution in [0.2, 0.25) is 0 Å². The minimum atomic E-state index is 0.0308. The van der Waals surface area contributed by atoms with Crippen LogP contribution < -0.4 is 9.47 Å². The van der Waals surface area contributed by atoms with Crippen LogP contribution in [-0.4, -0.2) is 35.9 Å². The van der Waals surface area contributed by atoms with E-state index < -0.39 is 0 Å². The molecule has 6 nitrogen and oxygen atoms in total. The van der Waals surface area contributed by atoms with Crippen molar-refractivity contribution in [2.75, 3.05) is 20.8 Å². The van der Waals surface area contributed by atoms with Gasteiger partial charge in [0.05, 0.1) is 25.1 Å². The van der Waals surface area contributed by atoms with Gasteiger partial charge in [0.25, 0.3) is 0 Å². The van der Waals surface area contributed by atoms with Crippen LogP contribution in [0, 0.1) is 0 Å². The van der Waals surface area contributed by atoms with Crippen molar-refractivity contribution in [1.29, 1.82) is 0 Å². The van der Waals surface area contributed by atoms with E-state index in [0.717, 1.165) is 47.8 Å². The molecule has 0 spiro atoms. The maximum Gasteiger partial charge on any atom is 0.200 e. The number of hydrogen-bond acceptors (Lipinski definition) is 7. The molecule has 29 heavy (non-hydrogen) atoms. The van der Waals surface area contributed by atoms with Crippen molar-refractivity contribution >= 4 is 11.3 Å². The summed E-state index contributed by atoms with van der Waals surface area (Å²) in [5.74, 6) is 1.70. The molecule has 7 heteroatoms. The molecule has 0 unspecified atom stereocenters. The highest BCUT2D eigenvalue weighted by Crippen LogP contribution is 2.39. The molecule has 1 aliphatic heterocycles. The van der Waals surface area contributed by atoms with Crippen LogP contribution in [0.1, 0.15) is 43.0 Å². The fraction of sp³-hybridized carbons (Fsp3) is 0.409. The monoisotopic (exact) mass is 414 g/mol. The van der Waals surface area contributed by atoms with E-state index in [1.54, 1.807) is 25.6 Å². The quantitative estimate of drug-likeness (QED) is 0.595. The lowest BCUT2D eigenvalue weighted by Gasteiger charge is -2.28. The summed E-state index contributed by atoms with van der Waals surface area (Å²) in [6, 6.07) is 10.1. The number of thiophene rings is 1. The van der Waals surface area contributed by atoms with Crippen molar-refractivity contribution in [2.45, 2.75) is 38.3 Å². The first kappa shape index (κ1) is 19.8. The lowest BCUT2D eigenvalue weighted by Crippen LogP contribution is -2.28. The second-order valence-corrected chi connectivity index (χ2v) is 8.23. The number of aromatic nitrogens is 1. The van der Waals surface area contributed by atoms with E-state index in [1.807, 2.05) is 23.6 Å². The Kier molecular flexibility index (Phi) is 6.06. The fourth-order valence-corrected chi connectivity index (χ4v) is 4.62. The Labute approximate surface area is 174 Å². The average molecular weight is 415 g/mol. The zero-order valence-corrected chi connectivity index (χ0v) is 17.6. The summed E-state index contributed by atoms with van der Waals surface area (Å²) in [7, 11) is 3.10. The van der Waals surface area contributed by atoms with Crippen LogP contribution in [0.4, 0.5) is 0 Å². The van der Waals surface area contributed by atoms with Crippen molar-refractivity contribution in [3.8, 4) is 27.9 Å². The van der Waals surface area contributed by atoms with Gasteiger partial charge in [0.2, 0.25) is 5.75 Å². The summed E-state index contributed by atoms with van der Waals surface area (Å²) in [6.45, 7) is 1.70. The Hall–Kier alpha value is -2.51. The van der Waals surface area contributed by atoms with Crippen molar-refractivity contribution in [3.05, 3.63) is 47.0 Å². The van der Waals surface area contributed by atoms with Crippen LogP contribution >= 0.6 is 11.3 Å². The molecule has 4 rings (SSSR count). The number of aromatic hydroxyl groups is 1. The zero-order valence-electron chi connectivity index (χ0n) is 16.8. The molecule has 1 atom stereocenters. The molecule has 1 aromatic carbocycles. The summed E-state index contributed by atoms with van der Waals surface area (Å²) in [5.41, 5.74) is 2.01. The minimum Gasteiger partial charge on any atom is -0.502 e. The standard InChI is InChI=1S/C22H26N2O4S/c1-26-19-11-15(12-20(27-2)22(19)25)14-24-9-5-3-4-7-17(24)16-13-18(28-23-16)21-8-6-10-29-21/h6,8,10-13,17,25H,3-5,7,9,14H2,1-2H3/t17-/m0/s1. The lowest BCUT2D eigenvalue weighted by molar-refractivity contribution is 0.183. The van der Waals surface area contributed by atoms with E-state index in [2.05, 4.69) is 22.2 Å². The van der Waals surface area contributed by atoms with Crippen molar-refractivity contribution in [1.82, 2.24) is 10.1 Å². The van der Waals surface area contributed by atoms with Gasteiger partial charge in [0, 0.05) is 12.6 Å². The molecule has 0 amide bonds. The Balaban J connectivity index is 1.61. The predicted molar refractivity (Wildman–Crippen MR) is 113 cm³/mol. The van der Waals surface area contributed by atoms with Gasteiger partial charge in [-0.25, -0.2) is 0 Å². The van der Waals surface area contributed by atoms with Crippen molar-refractivity contribution < 1.29 is 19.1 Å². The molecule has 0 radical (unpaired) electrons. The number of benzene rings is 1. The lowest BCUT2D eigenvalue weighted by atomic mass is 10.0. The largest absolute Gasteiger partial charge is 0.502 e. The third-order valence-electron chi connectivity index (χ3n) is 5.42. The summed E-state index contributed by atoms with van der Waals surface area (Å²) in [4.78, 5) is 3.53. The van der Waals surface area contributed by atoms with Crippen molar-refractivity contribution in [3.63, 3.8) is 0 Å². The van der Waals surface area contributed by atoms with Gasteiger partial charge in [-0.3, -0.25) is 4.90 Å². The fourth-order valence-electron chi connectivity index (χ4n) is 3.95. The van der Waals surface area contributed by atoms with Gasteiger partial charge in [-0.15, -0.1) is 11.3 Å². The van der Waals surface area contributed by atoms with E-state index in [-0.39, 0.29) is 11.8 Å². The van der Waals surface area contributed by atoms with Gasteiger partial charge in [0.15, 0.2) is 17.3 Å². The molecule has 3 heterocycles. The maximum absolute atomic E-state index is 10.2. The molecule has 1 N–H and O–H groups in total. The van der Waals surface area contributed by atoms with Crippen LogP contribution in [0.15, 0.2) is 40.2 Å². The first-order chi connectivity index (χ1) is 14.2. The number of phenols is 1. The smallest absolute Gasteiger partial charge is 0.200 e. The topological polar surface area (TPSA) is 68.0 Å². The molecule has 3 aromatic rings. The number of ether oxygens (including phenoxy) is 2. The Morgan fingerprint density at radius 1 is 1.17 bits per heavy atom. The number of rotatable bonds is 6. The molecule has 154 valence electrons. The number of methoxy groups -OCH3 is 2. The van der Waals surface area contributed by atoms with Gasteiger partial charge in [0.1, 0.15) is 5.69 Å². The van der Waals surface area contributed by atoms with Crippen LogP contribution in [0.25, 0.3) is 10.6 Å². The van der Waals surface area contributed by atoms with E-state index in [9.17, 15) is 5.11 Å². The van der Waals surface area contributed by atoms with Gasteiger partial charge in [-0.2, -0.15) is 0 Å². The number of phenolic OH excluding ortho intramolecular Hbond substituents is 1. The molecule has 1 fully saturated rings. The predicted octanol–water partition coefficient (Wildman–Crippen LogP) is 5.24. The number of nitrogens with zero attached hydrogens (tertiary/aromatic N) is 2. The summed E-state index contributed by atoms with van der Waals surface area (Å²) in [5, 5.41) is 16.7. The first-order valence-electron chi connectivity index (χ1n) is 9.88. The van der Waals surface area contributed by atoms with Gasteiger partial charge in [-0.05, 0) is 48.5 Å². The molecule has 1 aliphatic rings. The molecular formula is C22H26N2O4S. The van der Waals surface area contributed by atoms with E-state index >= 15 is 0 Å². The van der Waals surface area contributed by atoms with Gasteiger partial charge < -0.3 is 19.1 Å². The van der Waals surface area contributed by atoms with Gasteiger partial charge in [-0.1, -0.05) is 24.1 Å².